The van der Waals surface area contributed by atoms with Crippen molar-refractivity contribution in [3.8, 4) is 17.6 Å². The normalized spacial score (nSPS) is 9.79. The molecule has 5 nitrogen and oxygen atoms in total. The second-order valence-electron chi connectivity index (χ2n) is 3.91. The van der Waals surface area contributed by atoms with Crippen LogP contribution in [0.1, 0.15) is 11.3 Å². The Labute approximate surface area is 111 Å². The maximum atomic E-state index is 8.64. The second-order valence-corrected chi connectivity index (χ2v) is 3.91. The Morgan fingerprint density at radius 3 is 3.05 bits per heavy atom. The number of rotatable bonds is 4. The van der Waals surface area contributed by atoms with E-state index in [1.807, 2.05) is 17.8 Å². The fourth-order valence-corrected chi connectivity index (χ4v) is 1.63. The zero-order valence-corrected chi connectivity index (χ0v) is 10.7. The standard InChI is InChI=1S/C14H15N3O2/c1-17-13(4-6-16-17)5-8-19-14-9-12(3-2-7-18)10-15-11-14/h4,6,9-11,18H,5,7-8H2,1H3. The Morgan fingerprint density at radius 2 is 2.32 bits per heavy atom. The topological polar surface area (TPSA) is 60.2 Å². The van der Waals surface area contributed by atoms with E-state index in [1.54, 1.807) is 24.7 Å². The van der Waals surface area contributed by atoms with Crippen molar-refractivity contribution in [2.45, 2.75) is 6.42 Å². The van der Waals surface area contributed by atoms with E-state index < -0.39 is 0 Å². The van der Waals surface area contributed by atoms with E-state index in [0.717, 1.165) is 17.7 Å². The first-order chi connectivity index (χ1) is 9.29. The molecule has 0 aliphatic rings. The molecule has 0 spiro atoms. The molecule has 98 valence electrons. The summed E-state index contributed by atoms with van der Waals surface area (Å²) < 4.78 is 7.45. The van der Waals surface area contributed by atoms with Crippen molar-refractivity contribution in [2.24, 2.45) is 7.05 Å². The number of aliphatic hydroxyl groups excluding tert-OH is 1. The van der Waals surface area contributed by atoms with Crippen LogP contribution in [0.3, 0.4) is 0 Å². The van der Waals surface area contributed by atoms with E-state index in [2.05, 4.69) is 21.9 Å². The van der Waals surface area contributed by atoms with Crippen LogP contribution in [0.15, 0.2) is 30.7 Å². The Kier molecular flexibility index (Phi) is 4.54. The molecule has 0 saturated carbocycles. The number of aryl methyl sites for hydroxylation is 1. The molecular formula is C14H15N3O2. The molecule has 0 saturated heterocycles. The lowest BCUT2D eigenvalue weighted by Crippen LogP contribution is -2.06. The van der Waals surface area contributed by atoms with Crippen LogP contribution in [-0.2, 0) is 13.5 Å². The molecule has 0 unspecified atom stereocenters. The van der Waals surface area contributed by atoms with Gasteiger partial charge < -0.3 is 9.84 Å². The van der Waals surface area contributed by atoms with Crippen LogP contribution in [-0.4, -0.2) is 33.1 Å². The van der Waals surface area contributed by atoms with Gasteiger partial charge >= 0.3 is 0 Å². The molecule has 0 atom stereocenters. The van der Waals surface area contributed by atoms with Gasteiger partial charge in [-0.25, -0.2) is 0 Å². The summed E-state index contributed by atoms with van der Waals surface area (Å²) >= 11 is 0. The van der Waals surface area contributed by atoms with Crippen molar-refractivity contribution in [3.63, 3.8) is 0 Å². The highest BCUT2D eigenvalue weighted by Gasteiger charge is 2.00. The molecule has 2 rings (SSSR count). The highest BCUT2D eigenvalue weighted by Crippen LogP contribution is 2.11. The number of aromatic nitrogens is 3. The summed E-state index contributed by atoms with van der Waals surface area (Å²) in [6.45, 7) is 0.393. The third-order valence-corrected chi connectivity index (χ3v) is 2.57. The summed E-state index contributed by atoms with van der Waals surface area (Å²) in [6.07, 6.45) is 5.83. The van der Waals surface area contributed by atoms with Gasteiger partial charge in [-0.3, -0.25) is 9.67 Å². The summed E-state index contributed by atoms with van der Waals surface area (Å²) in [7, 11) is 1.90. The molecule has 0 fully saturated rings. The summed E-state index contributed by atoms with van der Waals surface area (Å²) in [5.41, 5.74) is 1.84. The third kappa shape index (κ3) is 3.83. The maximum Gasteiger partial charge on any atom is 0.138 e. The molecule has 19 heavy (non-hydrogen) atoms. The van der Waals surface area contributed by atoms with E-state index >= 15 is 0 Å². The first-order valence-corrected chi connectivity index (χ1v) is 5.94. The van der Waals surface area contributed by atoms with Gasteiger partial charge in [0.2, 0.25) is 0 Å². The largest absolute Gasteiger partial charge is 0.492 e. The molecule has 2 aromatic heterocycles. The van der Waals surface area contributed by atoms with E-state index in [-0.39, 0.29) is 6.61 Å². The molecule has 0 amide bonds. The average Bonchev–Trinajstić information content (AvgIpc) is 2.83. The van der Waals surface area contributed by atoms with E-state index in [4.69, 9.17) is 9.84 Å². The van der Waals surface area contributed by atoms with Gasteiger partial charge in [-0.2, -0.15) is 5.10 Å². The highest BCUT2D eigenvalue weighted by atomic mass is 16.5. The predicted octanol–water partition coefficient (Wildman–Crippen LogP) is 0.780. The van der Waals surface area contributed by atoms with Crippen LogP contribution >= 0.6 is 0 Å². The summed E-state index contributed by atoms with van der Waals surface area (Å²) in [6, 6.07) is 3.77. The monoisotopic (exact) mass is 257 g/mol. The molecule has 0 bridgehead atoms. The fourth-order valence-electron chi connectivity index (χ4n) is 1.63. The maximum absolute atomic E-state index is 8.64. The van der Waals surface area contributed by atoms with Crippen LogP contribution < -0.4 is 4.74 Å². The average molecular weight is 257 g/mol. The van der Waals surface area contributed by atoms with Gasteiger partial charge in [-0.05, 0) is 12.1 Å². The Morgan fingerprint density at radius 1 is 1.42 bits per heavy atom. The van der Waals surface area contributed by atoms with Crippen molar-refractivity contribution in [1.82, 2.24) is 14.8 Å². The molecule has 5 heteroatoms. The van der Waals surface area contributed by atoms with Crippen molar-refractivity contribution < 1.29 is 9.84 Å². The lowest BCUT2D eigenvalue weighted by atomic mass is 10.3. The first-order valence-electron chi connectivity index (χ1n) is 5.94. The summed E-state index contributed by atoms with van der Waals surface area (Å²) in [5, 5.41) is 12.7. The van der Waals surface area contributed by atoms with Crippen LogP contribution in [0.4, 0.5) is 0 Å². The van der Waals surface area contributed by atoms with Gasteiger partial charge in [0.05, 0.1) is 12.8 Å². The van der Waals surface area contributed by atoms with Crippen LogP contribution in [0.5, 0.6) is 5.75 Å². The Bertz CT molecular complexity index is 596. The van der Waals surface area contributed by atoms with Gasteiger partial charge in [0.15, 0.2) is 0 Å². The molecule has 0 aliphatic heterocycles. The van der Waals surface area contributed by atoms with Gasteiger partial charge in [0.25, 0.3) is 0 Å². The van der Waals surface area contributed by atoms with Crippen LogP contribution in [0.2, 0.25) is 0 Å². The molecule has 2 heterocycles. The number of hydrogen-bond donors (Lipinski definition) is 1. The van der Waals surface area contributed by atoms with Crippen molar-refractivity contribution >= 4 is 0 Å². The lowest BCUT2D eigenvalue weighted by Gasteiger charge is -2.06. The van der Waals surface area contributed by atoms with Gasteiger partial charge in [0.1, 0.15) is 12.4 Å². The van der Waals surface area contributed by atoms with E-state index in [1.165, 1.54) is 0 Å². The molecule has 1 N–H and O–H groups in total. The number of aliphatic hydroxyl groups is 1. The minimum atomic E-state index is -0.161. The van der Waals surface area contributed by atoms with Crippen LogP contribution in [0.25, 0.3) is 0 Å². The smallest absolute Gasteiger partial charge is 0.138 e. The van der Waals surface area contributed by atoms with Gasteiger partial charge in [-0.15, -0.1) is 0 Å². The zero-order chi connectivity index (χ0) is 13.5. The Hall–Kier alpha value is -2.32. The summed E-state index contributed by atoms with van der Waals surface area (Å²) in [5.74, 6) is 6.04. The number of ether oxygens (including phenoxy) is 1. The molecule has 2 aromatic rings. The van der Waals surface area contributed by atoms with Crippen molar-refractivity contribution in [1.29, 1.82) is 0 Å². The van der Waals surface area contributed by atoms with Gasteiger partial charge in [0, 0.05) is 37.1 Å². The predicted molar refractivity (Wildman–Crippen MR) is 70.6 cm³/mol. The number of nitrogens with zero attached hydrogens (tertiary/aromatic N) is 3. The lowest BCUT2D eigenvalue weighted by molar-refractivity contribution is 0.317. The zero-order valence-electron chi connectivity index (χ0n) is 10.7. The van der Waals surface area contributed by atoms with Crippen molar-refractivity contribution in [3.05, 3.63) is 42.0 Å². The second kappa shape index (κ2) is 6.57. The van der Waals surface area contributed by atoms with Crippen molar-refractivity contribution in [2.75, 3.05) is 13.2 Å². The fraction of sp³-hybridized carbons (Fsp3) is 0.286. The molecule has 0 radical (unpaired) electrons. The Balaban J connectivity index is 1.91. The highest BCUT2D eigenvalue weighted by molar-refractivity contribution is 5.36. The number of hydrogen-bond acceptors (Lipinski definition) is 4. The third-order valence-electron chi connectivity index (χ3n) is 2.57. The molecule has 0 aromatic carbocycles. The van der Waals surface area contributed by atoms with Crippen LogP contribution in [0, 0.1) is 11.8 Å². The molecular weight excluding hydrogens is 242 g/mol. The van der Waals surface area contributed by atoms with E-state index in [9.17, 15) is 0 Å². The minimum Gasteiger partial charge on any atom is -0.492 e. The summed E-state index contributed by atoms with van der Waals surface area (Å²) in [4.78, 5) is 4.04. The van der Waals surface area contributed by atoms with Gasteiger partial charge in [-0.1, -0.05) is 11.8 Å². The molecule has 0 aliphatic carbocycles. The quantitative estimate of drug-likeness (QED) is 0.822. The van der Waals surface area contributed by atoms with E-state index in [0.29, 0.717) is 12.4 Å². The SMILES string of the molecule is Cn1nccc1CCOc1cncc(C#CCO)c1. The minimum absolute atomic E-state index is 0.161. The first kappa shape index (κ1) is 13.1. The number of pyridine rings is 1.